The van der Waals surface area contributed by atoms with Crippen LogP contribution in [0.2, 0.25) is 0 Å². The minimum atomic E-state index is -2.45. The minimum absolute atomic E-state index is 0.0237. The van der Waals surface area contributed by atoms with Crippen LogP contribution in [0, 0.1) is 5.92 Å². The Morgan fingerprint density at radius 3 is 2.05 bits per heavy atom. The van der Waals surface area contributed by atoms with Gasteiger partial charge in [-0.05, 0) is 42.3 Å². The molecule has 1 aliphatic rings. The average Bonchev–Trinajstić information content (AvgIpc) is 2.41. The second-order valence-corrected chi connectivity index (χ2v) is 7.33. The first-order chi connectivity index (χ1) is 9.73. The summed E-state index contributed by atoms with van der Waals surface area (Å²) in [5.74, 6) is -2.15. The van der Waals surface area contributed by atoms with Gasteiger partial charge in [0.25, 0.3) is 0 Å². The summed E-state index contributed by atoms with van der Waals surface area (Å²) in [6.07, 6.45) is 1.24. The molecular formula is C18H27F2N. The van der Waals surface area contributed by atoms with Crippen molar-refractivity contribution >= 4 is 0 Å². The monoisotopic (exact) mass is 295 g/mol. The predicted molar refractivity (Wildman–Crippen MR) is 83.8 cm³/mol. The molecule has 0 amide bonds. The van der Waals surface area contributed by atoms with E-state index in [1.165, 1.54) is 11.1 Å². The van der Waals surface area contributed by atoms with Gasteiger partial charge >= 0.3 is 0 Å². The maximum Gasteiger partial charge on any atom is 0.248 e. The first kappa shape index (κ1) is 16.4. The van der Waals surface area contributed by atoms with Gasteiger partial charge < -0.3 is 5.32 Å². The van der Waals surface area contributed by atoms with Crippen LogP contribution >= 0.6 is 0 Å². The molecule has 1 aliphatic carbocycles. The molecule has 0 aliphatic heterocycles. The first-order valence-corrected chi connectivity index (χ1v) is 7.88. The summed E-state index contributed by atoms with van der Waals surface area (Å²) < 4.78 is 26.6. The van der Waals surface area contributed by atoms with Crippen LogP contribution in [0.25, 0.3) is 0 Å². The zero-order valence-electron chi connectivity index (χ0n) is 13.5. The van der Waals surface area contributed by atoms with Gasteiger partial charge in [-0.2, -0.15) is 0 Å². The Labute approximate surface area is 127 Å². The fraction of sp³-hybridized carbons (Fsp3) is 0.667. The van der Waals surface area contributed by atoms with E-state index >= 15 is 0 Å². The van der Waals surface area contributed by atoms with E-state index in [1.807, 2.05) is 7.05 Å². The van der Waals surface area contributed by atoms with Gasteiger partial charge in [0.2, 0.25) is 5.92 Å². The summed E-state index contributed by atoms with van der Waals surface area (Å²) in [6, 6.07) is 8.80. The third-order valence-electron chi connectivity index (χ3n) is 4.68. The van der Waals surface area contributed by atoms with Crippen LogP contribution in [0.1, 0.15) is 63.6 Å². The van der Waals surface area contributed by atoms with E-state index in [0.29, 0.717) is 18.8 Å². The lowest BCUT2D eigenvalue weighted by Gasteiger charge is -2.34. The molecule has 0 radical (unpaired) electrons. The van der Waals surface area contributed by atoms with E-state index in [1.54, 1.807) is 0 Å². The van der Waals surface area contributed by atoms with E-state index in [9.17, 15) is 8.78 Å². The summed E-state index contributed by atoms with van der Waals surface area (Å²) in [7, 11) is 1.93. The number of rotatable bonds is 3. The van der Waals surface area contributed by atoms with Gasteiger partial charge in [0, 0.05) is 18.9 Å². The lowest BCUT2D eigenvalue weighted by molar-refractivity contribution is -0.0495. The molecule has 1 atom stereocenters. The number of hydrogen-bond acceptors (Lipinski definition) is 1. The molecule has 1 nitrogen and oxygen atoms in total. The first-order valence-electron chi connectivity index (χ1n) is 7.88. The molecular weight excluding hydrogens is 268 g/mol. The normalized spacial score (nSPS) is 21.2. The lowest BCUT2D eigenvalue weighted by Crippen LogP contribution is -2.32. The Morgan fingerprint density at radius 2 is 1.62 bits per heavy atom. The van der Waals surface area contributed by atoms with Gasteiger partial charge in [-0.25, -0.2) is 8.78 Å². The highest BCUT2D eigenvalue weighted by Crippen LogP contribution is 2.41. The molecule has 2 rings (SSSR count). The largest absolute Gasteiger partial charge is 0.313 e. The zero-order chi connectivity index (χ0) is 15.7. The molecule has 0 heterocycles. The Bertz CT molecular complexity index is 449. The predicted octanol–water partition coefficient (Wildman–Crippen LogP) is 5.07. The smallest absolute Gasteiger partial charge is 0.248 e. The Hall–Kier alpha value is -0.960. The van der Waals surface area contributed by atoms with Crippen molar-refractivity contribution in [2.24, 2.45) is 5.92 Å². The Morgan fingerprint density at radius 1 is 1.10 bits per heavy atom. The van der Waals surface area contributed by atoms with E-state index in [0.717, 1.165) is 0 Å². The number of alkyl halides is 2. The van der Waals surface area contributed by atoms with Crippen LogP contribution < -0.4 is 5.32 Å². The van der Waals surface area contributed by atoms with Crippen molar-refractivity contribution in [3.8, 4) is 0 Å². The van der Waals surface area contributed by atoms with E-state index in [2.05, 4.69) is 50.4 Å². The van der Waals surface area contributed by atoms with Gasteiger partial charge in [-0.3, -0.25) is 0 Å². The quantitative estimate of drug-likeness (QED) is 0.821. The Kier molecular flexibility index (Phi) is 4.72. The van der Waals surface area contributed by atoms with Crippen LogP contribution in [0.15, 0.2) is 24.3 Å². The maximum atomic E-state index is 13.3. The molecule has 1 unspecified atom stereocenters. The van der Waals surface area contributed by atoms with Crippen molar-refractivity contribution in [1.82, 2.24) is 5.32 Å². The SMILES string of the molecule is CNC(c1ccc(C(C)(C)C)cc1)C1CCC(F)(F)CC1. The zero-order valence-corrected chi connectivity index (χ0v) is 13.5. The molecule has 1 aromatic carbocycles. The molecule has 1 aromatic rings. The van der Waals surface area contributed by atoms with Crippen LogP contribution in [0.3, 0.4) is 0 Å². The van der Waals surface area contributed by atoms with Crippen molar-refractivity contribution in [1.29, 1.82) is 0 Å². The molecule has 0 spiro atoms. The Balaban J connectivity index is 2.11. The number of hydrogen-bond donors (Lipinski definition) is 1. The second-order valence-electron chi connectivity index (χ2n) is 7.33. The summed E-state index contributed by atoms with van der Waals surface area (Å²) in [5.41, 5.74) is 2.65. The molecule has 0 aromatic heterocycles. The number of halogens is 2. The molecule has 1 fully saturated rings. The average molecular weight is 295 g/mol. The highest BCUT2D eigenvalue weighted by atomic mass is 19.3. The molecule has 0 bridgehead atoms. The second kappa shape index (κ2) is 6.04. The molecule has 3 heteroatoms. The molecule has 0 saturated heterocycles. The fourth-order valence-corrected chi connectivity index (χ4v) is 3.26. The van der Waals surface area contributed by atoms with Crippen LogP contribution in [0.5, 0.6) is 0 Å². The highest BCUT2D eigenvalue weighted by molar-refractivity contribution is 5.29. The summed E-state index contributed by atoms with van der Waals surface area (Å²) in [6.45, 7) is 6.59. The third kappa shape index (κ3) is 4.03. The van der Waals surface area contributed by atoms with E-state index in [-0.39, 0.29) is 24.3 Å². The summed E-state index contributed by atoms with van der Waals surface area (Å²) in [5, 5.41) is 3.33. The van der Waals surface area contributed by atoms with Crippen LogP contribution in [-0.4, -0.2) is 13.0 Å². The van der Waals surface area contributed by atoms with Crippen molar-refractivity contribution < 1.29 is 8.78 Å². The topological polar surface area (TPSA) is 12.0 Å². The van der Waals surface area contributed by atoms with Gasteiger partial charge in [0.15, 0.2) is 0 Å². The van der Waals surface area contributed by atoms with Gasteiger partial charge in [-0.15, -0.1) is 0 Å². The van der Waals surface area contributed by atoms with Crippen LogP contribution in [0.4, 0.5) is 8.78 Å². The highest BCUT2D eigenvalue weighted by Gasteiger charge is 2.37. The van der Waals surface area contributed by atoms with E-state index < -0.39 is 5.92 Å². The van der Waals surface area contributed by atoms with Gasteiger partial charge in [-0.1, -0.05) is 45.0 Å². The summed E-state index contributed by atoms with van der Waals surface area (Å²) >= 11 is 0. The van der Waals surface area contributed by atoms with Crippen molar-refractivity contribution in [3.63, 3.8) is 0 Å². The van der Waals surface area contributed by atoms with Gasteiger partial charge in [0.05, 0.1) is 0 Å². The lowest BCUT2D eigenvalue weighted by atomic mass is 9.79. The minimum Gasteiger partial charge on any atom is -0.313 e. The van der Waals surface area contributed by atoms with Crippen LogP contribution in [-0.2, 0) is 5.41 Å². The third-order valence-corrected chi connectivity index (χ3v) is 4.68. The molecule has 1 saturated carbocycles. The van der Waals surface area contributed by atoms with Crippen molar-refractivity contribution in [2.45, 2.75) is 63.8 Å². The molecule has 118 valence electrons. The number of benzene rings is 1. The van der Waals surface area contributed by atoms with Gasteiger partial charge in [0.1, 0.15) is 0 Å². The van der Waals surface area contributed by atoms with Crippen molar-refractivity contribution in [3.05, 3.63) is 35.4 Å². The fourth-order valence-electron chi connectivity index (χ4n) is 3.26. The number of nitrogens with one attached hydrogen (secondary N) is 1. The standard InChI is InChI=1S/C18H27F2N/c1-17(2,3)15-7-5-13(6-8-15)16(21-4)14-9-11-18(19,20)12-10-14/h5-8,14,16,21H,9-12H2,1-4H3. The van der Waals surface area contributed by atoms with Crippen molar-refractivity contribution in [2.75, 3.05) is 7.05 Å². The van der Waals surface area contributed by atoms with E-state index in [4.69, 9.17) is 0 Å². The summed E-state index contributed by atoms with van der Waals surface area (Å²) in [4.78, 5) is 0. The molecule has 1 N–H and O–H groups in total. The maximum absolute atomic E-state index is 13.3. The molecule has 21 heavy (non-hydrogen) atoms.